The fraction of sp³-hybridized carbons (Fsp3) is 0.0500. The number of imidazole rings is 4. The molecule has 0 saturated heterocycles. The van der Waals surface area contributed by atoms with Gasteiger partial charge in [0.05, 0.1) is 46.8 Å². The van der Waals surface area contributed by atoms with Gasteiger partial charge in [0.1, 0.15) is 5.82 Å². The monoisotopic (exact) mass is 497 g/mol. The van der Waals surface area contributed by atoms with Crippen LogP contribution in [-0.4, -0.2) is 73.2 Å². The minimum Gasteiger partial charge on any atom is -0.477 e. The lowest BCUT2D eigenvalue weighted by Gasteiger charge is -1.89. The van der Waals surface area contributed by atoms with Crippen molar-refractivity contribution >= 4 is 34.9 Å². The van der Waals surface area contributed by atoms with Gasteiger partial charge in [-0.05, 0) is 13.0 Å². The second kappa shape index (κ2) is 13.1. The SMILES string of the molecule is Cc1ncc[nH]1.O=C(O)c1nc[nH]c1C(=O)O.O=Cc1cnc[nH]1.O=[N+]([O-])c1ccc2nc[nH]c2c1. The van der Waals surface area contributed by atoms with Crippen LogP contribution >= 0.6 is 0 Å². The van der Waals surface area contributed by atoms with Gasteiger partial charge < -0.3 is 30.1 Å². The number of aromatic carboxylic acids is 2. The zero-order valence-corrected chi connectivity index (χ0v) is 18.4. The standard InChI is InChI=1S/C7H5N3O2.C5H4N2O4.C4H4N2O.C4H6N2/c11-10(12)5-1-2-6-7(3-5)9-4-8-6;8-4(9)2-3(5(10)11)7-1-6-2;7-2-4-1-5-3-6-4;1-4-5-2-3-6-4/h1-4H,(H,8,9);1H,(H,6,7)(H,8,9)(H,10,11);1-3H,(H,5,6);2-3H,1H3,(H,5,6). The molecule has 4 aromatic heterocycles. The first-order valence-corrected chi connectivity index (χ1v) is 9.70. The smallest absolute Gasteiger partial charge is 0.357 e. The van der Waals surface area contributed by atoms with E-state index in [9.17, 15) is 24.5 Å². The number of aromatic amines is 4. The zero-order valence-electron chi connectivity index (χ0n) is 18.4. The van der Waals surface area contributed by atoms with E-state index in [1.807, 2.05) is 6.92 Å². The molecule has 4 heterocycles. The number of carbonyl (C=O) groups is 3. The van der Waals surface area contributed by atoms with E-state index in [1.165, 1.54) is 31.0 Å². The summed E-state index contributed by atoms with van der Waals surface area (Å²) in [5.41, 5.74) is 1.13. The van der Waals surface area contributed by atoms with E-state index in [4.69, 9.17) is 10.2 Å². The Labute approximate surface area is 200 Å². The number of H-pyrrole nitrogens is 4. The third-order valence-corrected chi connectivity index (χ3v) is 3.95. The van der Waals surface area contributed by atoms with E-state index < -0.39 is 28.2 Å². The van der Waals surface area contributed by atoms with E-state index in [0.29, 0.717) is 17.5 Å². The van der Waals surface area contributed by atoms with Crippen molar-refractivity contribution in [1.82, 2.24) is 39.9 Å². The van der Waals surface area contributed by atoms with E-state index in [-0.39, 0.29) is 5.69 Å². The van der Waals surface area contributed by atoms with Gasteiger partial charge in [-0.25, -0.2) is 29.5 Å². The maximum atomic E-state index is 10.3. The molecule has 5 rings (SSSR count). The molecular weight excluding hydrogens is 478 g/mol. The van der Waals surface area contributed by atoms with Crippen molar-refractivity contribution in [3.05, 3.63) is 88.8 Å². The number of fused-ring (bicyclic) bond motifs is 1. The number of aromatic nitrogens is 8. The molecule has 0 radical (unpaired) electrons. The van der Waals surface area contributed by atoms with Crippen LogP contribution in [-0.2, 0) is 0 Å². The highest BCUT2D eigenvalue weighted by Gasteiger charge is 2.18. The molecule has 0 spiro atoms. The van der Waals surface area contributed by atoms with Gasteiger partial charge in [0.25, 0.3) is 5.69 Å². The van der Waals surface area contributed by atoms with Crippen molar-refractivity contribution in [2.24, 2.45) is 0 Å². The summed E-state index contributed by atoms with van der Waals surface area (Å²) in [5, 5.41) is 27.1. The molecule has 5 aromatic rings. The fourth-order valence-corrected chi connectivity index (χ4v) is 2.33. The summed E-state index contributed by atoms with van der Waals surface area (Å²) >= 11 is 0. The maximum absolute atomic E-state index is 10.3. The number of carboxylic acid groups (broad SMARTS) is 2. The summed E-state index contributed by atoms with van der Waals surface area (Å²) < 4.78 is 0. The topological polar surface area (TPSA) is 250 Å². The number of nitrogens with one attached hydrogen (secondary N) is 4. The summed E-state index contributed by atoms with van der Waals surface area (Å²) in [7, 11) is 0. The quantitative estimate of drug-likeness (QED) is 0.119. The van der Waals surface area contributed by atoms with Crippen LogP contribution in [0.5, 0.6) is 0 Å². The number of hydrogen-bond donors (Lipinski definition) is 6. The Morgan fingerprint density at radius 2 is 1.75 bits per heavy atom. The highest BCUT2D eigenvalue weighted by molar-refractivity contribution is 5.98. The first-order valence-electron chi connectivity index (χ1n) is 9.70. The number of non-ortho nitro benzene ring substituents is 1. The molecule has 6 N–H and O–H groups in total. The predicted octanol–water partition coefficient (Wildman–Crippen LogP) is 2.22. The number of carbonyl (C=O) groups excluding carboxylic acids is 1. The van der Waals surface area contributed by atoms with Crippen LogP contribution in [0.15, 0.2) is 55.8 Å². The summed E-state index contributed by atoms with van der Waals surface area (Å²) in [6.45, 7) is 1.92. The van der Waals surface area contributed by atoms with Crippen molar-refractivity contribution in [3.8, 4) is 0 Å². The number of rotatable bonds is 4. The molecule has 0 unspecified atom stereocenters. The van der Waals surface area contributed by atoms with Gasteiger partial charge in [0, 0.05) is 24.5 Å². The molecule has 0 aliphatic heterocycles. The molecule has 1 aromatic carbocycles. The Kier molecular flexibility index (Phi) is 9.70. The normalized spacial score (nSPS) is 9.47. The van der Waals surface area contributed by atoms with Crippen molar-refractivity contribution in [3.63, 3.8) is 0 Å². The summed E-state index contributed by atoms with van der Waals surface area (Å²) in [6, 6.07) is 4.51. The molecule has 36 heavy (non-hydrogen) atoms. The lowest BCUT2D eigenvalue weighted by atomic mass is 10.3. The lowest BCUT2D eigenvalue weighted by molar-refractivity contribution is -0.384. The zero-order chi connectivity index (χ0) is 26.5. The number of hydrogen-bond acceptors (Lipinski definition) is 9. The highest BCUT2D eigenvalue weighted by atomic mass is 16.6. The molecular formula is C20H19N9O7. The van der Waals surface area contributed by atoms with Crippen molar-refractivity contribution in [1.29, 1.82) is 0 Å². The Hall–Kier alpha value is -5.67. The van der Waals surface area contributed by atoms with E-state index in [0.717, 1.165) is 17.7 Å². The van der Waals surface area contributed by atoms with Crippen molar-refractivity contribution in [2.45, 2.75) is 6.92 Å². The first-order chi connectivity index (χ1) is 17.2. The van der Waals surface area contributed by atoms with Gasteiger partial charge in [-0.3, -0.25) is 14.9 Å². The molecule has 16 heteroatoms. The highest BCUT2D eigenvalue weighted by Crippen LogP contribution is 2.16. The van der Waals surface area contributed by atoms with Crippen LogP contribution in [0.25, 0.3) is 11.0 Å². The average molecular weight is 497 g/mol. The van der Waals surface area contributed by atoms with E-state index in [1.54, 1.807) is 18.5 Å². The number of carboxylic acids is 2. The van der Waals surface area contributed by atoms with Crippen molar-refractivity contribution < 1.29 is 29.5 Å². The summed E-state index contributed by atoms with van der Waals surface area (Å²) in [6.07, 6.45) is 9.70. The molecule has 0 fully saturated rings. The molecule has 0 amide bonds. The van der Waals surface area contributed by atoms with Crippen LogP contribution in [0.2, 0.25) is 0 Å². The molecule has 0 saturated carbocycles. The third-order valence-electron chi connectivity index (χ3n) is 3.95. The second-order valence-electron chi connectivity index (χ2n) is 6.40. The lowest BCUT2D eigenvalue weighted by Crippen LogP contribution is -2.07. The second-order valence-corrected chi connectivity index (χ2v) is 6.40. The van der Waals surface area contributed by atoms with Crippen LogP contribution in [0.4, 0.5) is 5.69 Å². The molecule has 0 aliphatic carbocycles. The summed E-state index contributed by atoms with van der Waals surface area (Å²) in [5.74, 6) is -1.72. The Morgan fingerprint density at radius 1 is 1.00 bits per heavy atom. The number of aryl methyl sites for hydroxylation is 1. The van der Waals surface area contributed by atoms with Crippen LogP contribution in [0.3, 0.4) is 0 Å². The number of nitrogens with zero attached hydrogens (tertiary/aromatic N) is 5. The van der Waals surface area contributed by atoms with Gasteiger partial charge >= 0.3 is 11.9 Å². The van der Waals surface area contributed by atoms with Gasteiger partial charge in [-0.15, -0.1) is 0 Å². The number of nitro groups is 1. The molecule has 0 aliphatic rings. The molecule has 16 nitrogen and oxygen atoms in total. The Bertz CT molecular complexity index is 1380. The predicted molar refractivity (Wildman–Crippen MR) is 123 cm³/mol. The number of aldehydes is 1. The van der Waals surface area contributed by atoms with Crippen LogP contribution in [0, 0.1) is 17.0 Å². The number of benzene rings is 1. The maximum Gasteiger partial charge on any atom is 0.357 e. The molecule has 186 valence electrons. The Morgan fingerprint density at radius 3 is 2.19 bits per heavy atom. The van der Waals surface area contributed by atoms with Gasteiger partial charge in [0.15, 0.2) is 17.7 Å². The molecule has 0 bridgehead atoms. The van der Waals surface area contributed by atoms with Gasteiger partial charge in [0.2, 0.25) is 0 Å². The van der Waals surface area contributed by atoms with Gasteiger partial charge in [-0.2, -0.15) is 0 Å². The van der Waals surface area contributed by atoms with E-state index in [2.05, 4.69) is 39.9 Å². The van der Waals surface area contributed by atoms with Crippen molar-refractivity contribution in [2.75, 3.05) is 0 Å². The van der Waals surface area contributed by atoms with Gasteiger partial charge in [-0.1, -0.05) is 0 Å². The van der Waals surface area contributed by atoms with E-state index >= 15 is 0 Å². The average Bonchev–Trinajstić information content (AvgIpc) is 3.67. The third kappa shape index (κ3) is 8.03. The fourth-order valence-electron chi connectivity index (χ4n) is 2.33. The number of nitro benzene ring substituents is 1. The minimum atomic E-state index is -1.36. The van der Waals surface area contributed by atoms with Crippen LogP contribution < -0.4 is 0 Å². The Balaban J connectivity index is 0.000000176. The summed E-state index contributed by atoms with van der Waals surface area (Å²) in [4.78, 5) is 65.4. The minimum absolute atomic E-state index is 0.0757. The molecule has 0 atom stereocenters. The first kappa shape index (κ1) is 26.6. The largest absolute Gasteiger partial charge is 0.477 e. The van der Waals surface area contributed by atoms with Crippen LogP contribution in [0.1, 0.15) is 37.3 Å².